The van der Waals surface area contributed by atoms with Gasteiger partial charge < -0.3 is 50.3 Å². The third-order valence-corrected chi connectivity index (χ3v) is 15.3. The predicted molar refractivity (Wildman–Crippen MR) is 165 cm³/mol. The van der Waals surface area contributed by atoms with Crippen LogP contribution in [-0.4, -0.2) is 108 Å². The van der Waals surface area contributed by atoms with Gasteiger partial charge in [0.1, 0.15) is 23.9 Å². The zero-order valence-corrected chi connectivity index (χ0v) is 28.1. The minimum absolute atomic E-state index is 0.0826. The maximum absolute atomic E-state index is 13.2. The molecule has 0 aromatic heterocycles. The molecule has 0 aromatic carbocycles. The van der Waals surface area contributed by atoms with Crippen LogP contribution in [0.15, 0.2) is 0 Å². The van der Waals surface area contributed by atoms with Crippen molar-refractivity contribution in [3.63, 3.8) is 0 Å². The summed E-state index contributed by atoms with van der Waals surface area (Å²) in [7, 11) is 0. The SMILES string of the molecule is C[C@H](CCC(O)(CO)C(C)(C)O)[C@H]1CCC2[C@@H]3CC[C@H]4[C@](C)(C(=O)O)[C@@H](O[C@@H]5OC[C@@H](O)[C@H](O)[C@H]5O)C[C@H](O)[C@@]45C[C@@]35CC[C@@]21C. The number of carboxylic acids is 1. The summed E-state index contributed by atoms with van der Waals surface area (Å²) in [4.78, 5) is 13.2. The molecule has 6 rings (SSSR count). The highest BCUT2D eigenvalue weighted by atomic mass is 16.7. The normalized spacial score (nSPS) is 52.0. The van der Waals surface area contributed by atoms with Gasteiger partial charge in [0.2, 0.25) is 0 Å². The van der Waals surface area contributed by atoms with Gasteiger partial charge in [-0.1, -0.05) is 13.8 Å². The van der Waals surface area contributed by atoms with Crippen LogP contribution in [0.2, 0.25) is 0 Å². The van der Waals surface area contributed by atoms with Crippen LogP contribution < -0.4 is 0 Å². The van der Waals surface area contributed by atoms with Crippen LogP contribution in [-0.2, 0) is 14.3 Å². The summed E-state index contributed by atoms with van der Waals surface area (Å²) in [5, 5.41) is 84.8. The smallest absolute Gasteiger partial charge is 0.312 e. The summed E-state index contributed by atoms with van der Waals surface area (Å²) in [6.07, 6.45) is 0.210. The molecule has 11 nitrogen and oxygen atoms in total. The Balaban J connectivity index is 1.21. The molecular weight excluding hydrogens is 596 g/mol. The first-order valence-corrected chi connectivity index (χ1v) is 17.6. The van der Waals surface area contributed by atoms with E-state index in [1.165, 1.54) is 13.8 Å². The molecule has 8 N–H and O–H groups in total. The number of aliphatic hydroxyl groups excluding tert-OH is 5. The molecule has 6 fully saturated rings. The monoisotopic (exact) mass is 654 g/mol. The Kier molecular flexibility index (Phi) is 8.60. The van der Waals surface area contributed by atoms with Gasteiger partial charge in [0, 0.05) is 11.8 Å². The average Bonchev–Trinajstić information content (AvgIpc) is 3.57. The number of fused-ring (bicyclic) bond motifs is 2. The molecule has 1 heterocycles. The molecule has 5 aliphatic carbocycles. The molecule has 1 aliphatic heterocycles. The fraction of sp³-hybridized carbons (Fsp3) is 0.971. The molecule has 6 aliphatic rings. The summed E-state index contributed by atoms with van der Waals surface area (Å²) in [6, 6.07) is 0. The molecule has 46 heavy (non-hydrogen) atoms. The van der Waals surface area contributed by atoms with Crippen molar-refractivity contribution in [3.05, 3.63) is 0 Å². The molecule has 16 atom stereocenters. The topological polar surface area (TPSA) is 197 Å². The van der Waals surface area contributed by atoms with E-state index in [0.29, 0.717) is 42.9 Å². The van der Waals surface area contributed by atoms with E-state index >= 15 is 0 Å². The van der Waals surface area contributed by atoms with Crippen LogP contribution in [0.1, 0.15) is 98.8 Å². The Morgan fingerprint density at radius 1 is 1.00 bits per heavy atom. The molecule has 264 valence electrons. The van der Waals surface area contributed by atoms with Gasteiger partial charge in [0.05, 0.1) is 36.4 Å². The number of aliphatic hydroxyl groups is 7. The third kappa shape index (κ3) is 4.66. The lowest BCUT2D eigenvalue weighted by molar-refractivity contribution is -0.308. The summed E-state index contributed by atoms with van der Waals surface area (Å²) in [6.45, 7) is 8.69. The molecular formula is C35H58O11. The molecule has 0 radical (unpaired) electrons. The maximum Gasteiger partial charge on any atom is 0.312 e. The van der Waals surface area contributed by atoms with Gasteiger partial charge in [-0.3, -0.25) is 4.79 Å². The van der Waals surface area contributed by atoms with E-state index in [1.54, 1.807) is 6.92 Å². The number of carbonyl (C=O) groups is 1. The highest BCUT2D eigenvalue weighted by Gasteiger charge is 2.84. The van der Waals surface area contributed by atoms with E-state index in [9.17, 15) is 45.6 Å². The first-order chi connectivity index (χ1) is 21.3. The first-order valence-electron chi connectivity index (χ1n) is 17.6. The highest BCUT2D eigenvalue weighted by Crippen LogP contribution is 2.87. The molecule has 11 heteroatoms. The second kappa shape index (κ2) is 11.3. The van der Waals surface area contributed by atoms with Gasteiger partial charge in [-0.25, -0.2) is 0 Å². The summed E-state index contributed by atoms with van der Waals surface area (Å²) < 4.78 is 11.6. The van der Waals surface area contributed by atoms with Crippen LogP contribution >= 0.6 is 0 Å². The minimum atomic E-state index is -1.56. The third-order valence-electron chi connectivity index (χ3n) is 15.3. The largest absolute Gasteiger partial charge is 0.481 e. The van der Waals surface area contributed by atoms with Crippen LogP contribution in [0.5, 0.6) is 0 Å². The number of rotatable bonds is 9. The number of aliphatic carboxylic acids is 1. The van der Waals surface area contributed by atoms with Gasteiger partial charge in [0.25, 0.3) is 0 Å². The van der Waals surface area contributed by atoms with Crippen LogP contribution in [0.25, 0.3) is 0 Å². The van der Waals surface area contributed by atoms with Gasteiger partial charge in [-0.05, 0) is 119 Å². The van der Waals surface area contributed by atoms with Crippen molar-refractivity contribution in [1.82, 2.24) is 0 Å². The standard InChI is InChI=1S/C35H58O11/c1-18(10-11-34(44,17-36)30(2,3)43)19-6-7-20-21-8-9-23-32(5,29(41)42)25(46-28-27(40)26(39)22(37)15-45-28)14-24(38)35(23)16-33(21,35)13-12-31(19,20)4/h18-28,36-40,43-44H,6-17H2,1-5H3,(H,41,42)/t18-,19-,20?,21+,22-,23+,24+,25+,26+,27-,28+,31-,32+,33+,34?,35-/m1/s1. The average molecular weight is 655 g/mol. The number of hydrogen-bond acceptors (Lipinski definition) is 10. The van der Waals surface area contributed by atoms with Crippen molar-refractivity contribution in [2.24, 2.45) is 51.2 Å². The highest BCUT2D eigenvalue weighted by molar-refractivity contribution is 5.76. The zero-order valence-electron chi connectivity index (χ0n) is 28.1. The first kappa shape index (κ1) is 35.0. The van der Waals surface area contributed by atoms with Crippen LogP contribution in [0.3, 0.4) is 0 Å². The van der Waals surface area contributed by atoms with E-state index in [2.05, 4.69) is 13.8 Å². The second-order valence-electron chi connectivity index (χ2n) is 17.4. The lowest BCUT2D eigenvalue weighted by atomic mass is 9.45. The maximum atomic E-state index is 13.2. The minimum Gasteiger partial charge on any atom is -0.481 e. The van der Waals surface area contributed by atoms with Crippen molar-refractivity contribution in [2.45, 2.75) is 147 Å². The van der Waals surface area contributed by atoms with Crippen molar-refractivity contribution < 1.29 is 55.1 Å². The molecule has 0 amide bonds. The fourth-order valence-electron chi connectivity index (χ4n) is 12.3. The summed E-state index contributed by atoms with van der Waals surface area (Å²) in [5.41, 5.74) is -4.87. The molecule has 2 spiro atoms. The number of hydrogen-bond donors (Lipinski definition) is 8. The fourth-order valence-corrected chi connectivity index (χ4v) is 12.3. The van der Waals surface area contributed by atoms with Crippen molar-refractivity contribution in [2.75, 3.05) is 13.2 Å². The van der Waals surface area contributed by atoms with Gasteiger partial charge in [-0.15, -0.1) is 0 Å². The van der Waals surface area contributed by atoms with E-state index in [-0.39, 0.29) is 29.8 Å². The summed E-state index contributed by atoms with van der Waals surface area (Å²) in [5.74, 6) is 0.244. The Hall–Kier alpha value is -0.890. The number of ether oxygens (including phenoxy) is 2. The molecule has 0 aromatic rings. The second-order valence-corrected chi connectivity index (χ2v) is 17.4. The Morgan fingerprint density at radius 2 is 1.67 bits per heavy atom. The molecule has 0 bridgehead atoms. The Labute approximate surface area is 272 Å². The van der Waals surface area contributed by atoms with Crippen molar-refractivity contribution in [1.29, 1.82) is 0 Å². The van der Waals surface area contributed by atoms with Gasteiger partial charge >= 0.3 is 5.97 Å². The predicted octanol–water partition coefficient (Wildman–Crippen LogP) is 1.81. The van der Waals surface area contributed by atoms with Gasteiger partial charge in [0.15, 0.2) is 6.29 Å². The van der Waals surface area contributed by atoms with Gasteiger partial charge in [-0.2, -0.15) is 0 Å². The van der Waals surface area contributed by atoms with E-state index in [4.69, 9.17) is 9.47 Å². The zero-order chi connectivity index (χ0) is 33.8. The van der Waals surface area contributed by atoms with Crippen molar-refractivity contribution in [3.8, 4) is 0 Å². The lowest BCUT2D eigenvalue weighted by Gasteiger charge is -2.60. The van der Waals surface area contributed by atoms with E-state index < -0.39 is 71.4 Å². The summed E-state index contributed by atoms with van der Waals surface area (Å²) >= 11 is 0. The van der Waals surface area contributed by atoms with E-state index in [1.807, 2.05) is 0 Å². The van der Waals surface area contributed by atoms with Crippen LogP contribution in [0.4, 0.5) is 0 Å². The Bertz CT molecular complexity index is 1180. The van der Waals surface area contributed by atoms with Crippen molar-refractivity contribution >= 4 is 5.97 Å². The number of carboxylic acid groups (broad SMARTS) is 1. The molecule has 2 unspecified atom stereocenters. The molecule has 1 saturated heterocycles. The Morgan fingerprint density at radius 3 is 2.30 bits per heavy atom. The van der Waals surface area contributed by atoms with E-state index in [0.717, 1.165) is 38.5 Å². The molecule has 5 saturated carbocycles. The lowest BCUT2D eigenvalue weighted by Crippen LogP contribution is -2.64. The quantitative estimate of drug-likeness (QED) is 0.169. The van der Waals surface area contributed by atoms with Crippen LogP contribution in [0, 0.1) is 51.2 Å².